The maximum absolute atomic E-state index is 5.34. The van der Waals surface area contributed by atoms with Crippen LogP contribution in [0.3, 0.4) is 0 Å². The standard InChI is InChI=1S/C12H12IN4OP/c13-19-18-4-3-17-8-11(7-16-17)10-5-9-1-2-14-12(9)15-6-10/h1-2,5-8,19H,3-4H2,(H,14,15). The van der Waals surface area contributed by atoms with Gasteiger partial charge in [0.2, 0.25) is 0 Å². The van der Waals surface area contributed by atoms with Crippen molar-refractivity contribution in [2.24, 2.45) is 0 Å². The van der Waals surface area contributed by atoms with Crippen LogP contribution in [0.25, 0.3) is 22.2 Å². The van der Waals surface area contributed by atoms with Crippen molar-refractivity contribution in [2.75, 3.05) is 6.61 Å². The number of hydrogen-bond donors (Lipinski definition) is 1. The first-order valence-electron chi connectivity index (χ1n) is 5.80. The summed E-state index contributed by atoms with van der Waals surface area (Å²) in [4.78, 5) is 7.47. The van der Waals surface area contributed by atoms with Crippen LogP contribution >= 0.6 is 28.5 Å². The van der Waals surface area contributed by atoms with Crippen molar-refractivity contribution in [2.45, 2.75) is 6.54 Å². The molecule has 1 atom stereocenters. The van der Waals surface area contributed by atoms with Gasteiger partial charge in [-0.25, -0.2) is 4.98 Å². The van der Waals surface area contributed by atoms with Crippen LogP contribution in [0.4, 0.5) is 0 Å². The Hall–Kier alpha value is -0.980. The molecule has 0 saturated heterocycles. The Labute approximate surface area is 125 Å². The smallest absolute Gasteiger partial charge is 0.137 e. The fraction of sp³-hybridized carbons (Fsp3) is 0.167. The predicted molar refractivity (Wildman–Crippen MR) is 85.6 cm³/mol. The van der Waals surface area contributed by atoms with E-state index in [9.17, 15) is 0 Å². The molecule has 0 amide bonds. The van der Waals surface area contributed by atoms with Gasteiger partial charge in [-0.3, -0.25) is 4.68 Å². The highest BCUT2D eigenvalue weighted by atomic mass is 127. The number of nitrogens with one attached hydrogen (secondary N) is 1. The Kier molecular flexibility index (Phi) is 4.10. The Balaban J connectivity index is 1.81. The zero-order chi connectivity index (χ0) is 13.1. The summed E-state index contributed by atoms with van der Waals surface area (Å²) in [5, 5.41) is 5.44. The lowest BCUT2D eigenvalue weighted by Gasteiger charge is -2.00. The Morgan fingerprint density at radius 2 is 2.32 bits per heavy atom. The van der Waals surface area contributed by atoms with E-state index in [1.807, 2.05) is 35.5 Å². The molecule has 0 aliphatic heterocycles. The van der Waals surface area contributed by atoms with Crippen LogP contribution in [0.2, 0.25) is 0 Å². The maximum Gasteiger partial charge on any atom is 0.137 e. The third kappa shape index (κ3) is 2.96. The van der Waals surface area contributed by atoms with Crippen LogP contribution in [-0.2, 0) is 11.1 Å². The lowest BCUT2D eigenvalue weighted by molar-refractivity contribution is 0.335. The number of halogens is 1. The van der Waals surface area contributed by atoms with Gasteiger partial charge in [0.05, 0.1) is 25.8 Å². The lowest BCUT2D eigenvalue weighted by Crippen LogP contribution is -2.02. The summed E-state index contributed by atoms with van der Waals surface area (Å²) in [5.74, 6) is 0. The molecule has 1 unspecified atom stereocenters. The van der Waals surface area contributed by atoms with Crippen LogP contribution in [0.15, 0.2) is 36.9 Å². The monoisotopic (exact) mass is 386 g/mol. The van der Waals surface area contributed by atoms with Crippen LogP contribution in [0.1, 0.15) is 0 Å². The predicted octanol–water partition coefficient (Wildman–Crippen LogP) is 3.39. The lowest BCUT2D eigenvalue weighted by atomic mass is 10.1. The van der Waals surface area contributed by atoms with Gasteiger partial charge in [0.25, 0.3) is 0 Å². The minimum absolute atomic E-state index is 0.497. The average Bonchev–Trinajstić information content (AvgIpc) is 3.06. The number of H-pyrrole nitrogens is 1. The van der Waals surface area contributed by atoms with Crippen LogP contribution in [0.5, 0.6) is 0 Å². The average molecular weight is 386 g/mol. The van der Waals surface area contributed by atoms with E-state index in [0.29, 0.717) is 13.1 Å². The first-order chi connectivity index (χ1) is 9.36. The molecule has 19 heavy (non-hydrogen) atoms. The van der Waals surface area contributed by atoms with Crippen molar-refractivity contribution in [3.8, 4) is 11.1 Å². The molecular weight excluding hydrogens is 374 g/mol. The molecule has 0 aliphatic carbocycles. The highest BCUT2D eigenvalue weighted by Crippen LogP contribution is 2.23. The number of hydrogen-bond acceptors (Lipinski definition) is 3. The summed E-state index contributed by atoms with van der Waals surface area (Å²) in [6.45, 7) is 1.96. The Morgan fingerprint density at radius 3 is 3.21 bits per heavy atom. The molecule has 5 nitrogen and oxygen atoms in total. The van der Waals surface area contributed by atoms with Gasteiger partial charge in [-0.15, -0.1) is 0 Å². The van der Waals surface area contributed by atoms with E-state index in [-0.39, 0.29) is 0 Å². The van der Waals surface area contributed by atoms with E-state index < -0.39 is 0 Å². The van der Waals surface area contributed by atoms with Crippen molar-refractivity contribution >= 4 is 39.5 Å². The maximum atomic E-state index is 5.34. The fourth-order valence-corrected chi connectivity index (χ4v) is 2.74. The van der Waals surface area contributed by atoms with E-state index >= 15 is 0 Å². The second-order valence-electron chi connectivity index (χ2n) is 4.06. The van der Waals surface area contributed by atoms with E-state index in [1.54, 1.807) is 0 Å². The molecular formula is C12H12IN4OP. The molecule has 3 aromatic rings. The number of aromatic nitrogens is 4. The third-order valence-corrected chi connectivity index (χ3v) is 4.09. The van der Waals surface area contributed by atoms with Gasteiger partial charge in [0.15, 0.2) is 0 Å². The van der Waals surface area contributed by atoms with E-state index in [0.717, 1.165) is 28.7 Å². The molecule has 0 aromatic carbocycles. The van der Waals surface area contributed by atoms with Gasteiger partial charge in [-0.1, -0.05) is 0 Å². The summed E-state index contributed by atoms with van der Waals surface area (Å²) in [5.41, 5.74) is 3.06. The quantitative estimate of drug-likeness (QED) is 0.416. The first kappa shape index (κ1) is 13.0. The van der Waals surface area contributed by atoms with Gasteiger partial charge in [0, 0.05) is 35.1 Å². The topological polar surface area (TPSA) is 55.7 Å². The molecule has 98 valence electrons. The van der Waals surface area contributed by atoms with Crippen molar-refractivity contribution < 1.29 is 4.52 Å². The van der Waals surface area contributed by atoms with Gasteiger partial charge < -0.3 is 9.51 Å². The van der Waals surface area contributed by atoms with Crippen molar-refractivity contribution in [1.29, 1.82) is 0 Å². The number of aromatic amines is 1. The zero-order valence-corrected chi connectivity index (χ0v) is 13.2. The van der Waals surface area contributed by atoms with Gasteiger partial charge in [-0.2, -0.15) is 5.10 Å². The summed E-state index contributed by atoms with van der Waals surface area (Å²) < 4.78 is 7.23. The number of pyridine rings is 1. The highest BCUT2D eigenvalue weighted by molar-refractivity contribution is 14.2. The van der Waals surface area contributed by atoms with E-state index in [2.05, 4.69) is 43.2 Å². The van der Waals surface area contributed by atoms with Crippen molar-refractivity contribution in [1.82, 2.24) is 19.7 Å². The normalized spacial score (nSPS) is 11.8. The molecule has 0 spiro atoms. The summed E-state index contributed by atoms with van der Waals surface area (Å²) in [6, 6.07) is 4.13. The molecule has 0 bridgehead atoms. The second kappa shape index (κ2) is 5.98. The largest absolute Gasteiger partial charge is 0.350 e. The van der Waals surface area contributed by atoms with Crippen LogP contribution < -0.4 is 0 Å². The second-order valence-corrected chi connectivity index (χ2v) is 5.82. The molecule has 7 heteroatoms. The Bertz CT molecular complexity index is 681. The molecule has 0 fully saturated rings. The van der Waals surface area contributed by atoms with Crippen molar-refractivity contribution in [3.05, 3.63) is 36.9 Å². The molecule has 3 aromatic heterocycles. The summed E-state index contributed by atoms with van der Waals surface area (Å²) >= 11 is 2.22. The third-order valence-electron chi connectivity index (χ3n) is 2.84. The molecule has 3 rings (SSSR count). The molecule has 0 aliphatic rings. The number of nitrogens with zero attached hydrogens (tertiary/aromatic N) is 3. The van der Waals surface area contributed by atoms with Crippen LogP contribution in [-0.4, -0.2) is 26.4 Å². The number of fused-ring (bicyclic) bond motifs is 1. The molecule has 3 heterocycles. The van der Waals surface area contributed by atoms with Crippen LogP contribution in [0, 0.1) is 0 Å². The molecule has 0 radical (unpaired) electrons. The Morgan fingerprint density at radius 1 is 1.37 bits per heavy atom. The molecule has 0 saturated carbocycles. The van der Waals surface area contributed by atoms with E-state index in [1.165, 1.54) is 0 Å². The van der Waals surface area contributed by atoms with Gasteiger partial charge in [0.1, 0.15) is 5.65 Å². The first-order valence-corrected chi connectivity index (χ1v) is 9.82. The minimum Gasteiger partial charge on any atom is -0.350 e. The zero-order valence-electron chi connectivity index (χ0n) is 10.0. The minimum atomic E-state index is 0.497. The summed E-state index contributed by atoms with van der Waals surface area (Å²) in [6.07, 6.45) is 7.65. The number of rotatable bonds is 5. The van der Waals surface area contributed by atoms with E-state index in [4.69, 9.17) is 4.52 Å². The SMILES string of the molecule is IPOCCn1cc(-c2cnc3[nH]ccc3c2)cn1. The summed E-state index contributed by atoms with van der Waals surface area (Å²) in [7, 11) is 0. The van der Waals surface area contributed by atoms with Gasteiger partial charge >= 0.3 is 0 Å². The molecule has 1 N–H and O–H groups in total. The van der Waals surface area contributed by atoms with Gasteiger partial charge in [-0.05, 0) is 34.2 Å². The highest BCUT2D eigenvalue weighted by Gasteiger charge is 2.04. The van der Waals surface area contributed by atoms with Crippen molar-refractivity contribution in [3.63, 3.8) is 0 Å². The fourth-order valence-electron chi connectivity index (χ4n) is 1.91.